The quantitative estimate of drug-likeness (QED) is 0.700. The van der Waals surface area contributed by atoms with Crippen LogP contribution in [0.1, 0.15) is 13.8 Å². The van der Waals surface area contributed by atoms with E-state index in [1.165, 1.54) is 0 Å². The highest BCUT2D eigenvalue weighted by atomic mass is 16.3. The molecule has 0 aliphatic carbocycles. The van der Waals surface area contributed by atoms with Gasteiger partial charge in [0.25, 0.3) is 0 Å². The summed E-state index contributed by atoms with van der Waals surface area (Å²) in [5.74, 6) is 0. The van der Waals surface area contributed by atoms with E-state index in [9.17, 15) is 0 Å². The first-order valence-corrected chi connectivity index (χ1v) is 7.10. The van der Waals surface area contributed by atoms with Crippen molar-refractivity contribution in [3.8, 4) is 0 Å². The molecule has 0 radical (unpaired) electrons. The summed E-state index contributed by atoms with van der Waals surface area (Å²) in [6, 6.07) is 14.6. The maximum atomic E-state index is 6.03. The van der Waals surface area contributed by atoms with Gasteiger partial charge in [-0.1, -0.05) is 35.6 Å². The maximum Gasteiger partial charge on any atom is 0.160 e. The lowest BCUT2D eigenvalue weighted by molar-refractivity contribution is 0.255. The van der Waals surface area contributed by atoms with Crippen molar-refractivity contribution in [2.24, 2.45) is 10.4 Å². The number of furan rings is 1. The first-order valence-electron chi connectivity index (χ1n) is 7.10. The fourth-order valence-electron chi connectivity index (χ4n) is 2.62. The lowest BCUT2D eigenvalue weighted by Gasteiger charge is -2.19. The van der Waals surface area contributed by atoms with Crippen LogP contribution in [0.3, 0.4) is 0 Å². The SMILES string of the molecule is CC(C)N1CN(c2cccc3c2oc2ccccc23)N=N1. The molecule has 2 heterocycles. The lowest BCUT2D eigenvalue weighted by Crippen LogP contribution is -2.29. The van der Waals surface area contributed by atoms with E-state index in [1.807, 2.05) is 40.3 Å². The van der Waals surface area contributed by atoms with Gasteiger partial charge in [0.05, 0.1) is 0 Å². The number of benzene rings is 2. The van der Waals surface area contributed by atoms with Crippen LogP contribution in [0.2, 0.25) is 0 Å². The second-order valence-electron chi connectivity index (χ2n) is 5.51. The van der Waals surface area contributed by atoms with Crippen molar-refractivity contribution in [2.45, 2.75) is 19.9 Å². The van der Waals surface area contributed by atoms with Crippen LogP contribution in [0.4, 0.5) is 5.69 Å². The van der Waals surface area contributed by atoms with Gasteiger partial charge in [-0.2, -0.15) is 0 Å². The topological polar surface area (TPSA) is 44.3 Å². The summed E-state index contributed by atoms with van der Waals surface area (Å²) < 4.78 is 6.03. The highest BCUT2D eigenvalue weighted by Gasteiger charge is 2.22. The van der Waals surface area contributed by atoms with Crippen molar-refractivity contribution in [1.82, 2.24) is 5.01 Å². The third kappa shape index (κ3) is 1.85. The van der Waals surface area contributed by atoms with Gasteiger partial charge in [-0.3, -0.25) is 5.01 Å². The van der Waals surface area contributed by atoms with Crippen LogP contribution in [0.15, 0.2) is 57.3 Å². The zero-order chi connectivity index (χ0) is 14.4. The summed E-state index contributed by atoms with van der Waals surface area (Å²) in [6.45, 7) is 4.85. The monoisotopic (exact) mass is 280 g/mol. The molecule has 0 unspecified atom stereocenters. The van der Waals surface area contributed by atoms with Crippen LogP contribution < -0.4 is 5.01 Å². The normalized spacial score (nSPS) is 15.0. The lowest BCUT2D eigenvalue weighted by atomic mass is 10.1. The second kappa shape index (κ2) is 4.48. The van der Waals surface area contributed by atoms with Crippen LogP contribution in [-0.4, -0.2) is 17.7 Å². The highest BCUT2D eigenvalue weighted by molar-refractivity contribution is 6.08. The average molecular weight is 280 g/mol. The molecule has 21 heavy (non-hydrogen) atoms. The Morgan fingerprint density at radius 2 is 1.81 bits per heavy atom. The third-order valence-corrected chi connectivity index (χ3v) is 3.80. The molecular formula is C16H16N4O. The van der Waals surface area contributed by atoms with Crippen molar-refractivity contribution in [3.63, 3.8) is 0 Å². The van der Waals surface area contributed by atoms with Gasteiger partial charge in [0.15, 0.2) is 5.58 Å². The molecule has 0 bridgehead atoms. The van der Waals surface area contributed by atoms with Gasteiger partial charge in [0.1, 0.15) is 17.9 Å². The van der Waals surface area contributed by atoms with Crippen LogP contribution >= 0.6 is 0 Å². The molecule has 0 saturated heterocycles. The molecular weight excluding hydrogens is 264 g/mol. The molecule has 0 spiro atoms. The predicted octanol–water partition coefficient (Wildman–Crippen LogP) is 4.36. The summed E-state index contributed by atoms with van der Waals surface area (Å²) in [6.07, 6.45) is 0. The van der Waals surface area contributed by atoms with Crippen molar-refractivity contribution >= 4 is 27.6 Å². The van der Waals surface area contributed by atoms with Gasteiger partial charge < -0.3 is 4.42 Å². The van der Waals surface area contributed by atoms with E-state index in [0.717, 1.165) is 27.6 Å². The Labute approximate surface area is 122 Å². The Balaban J connectivity index is 1.85. The number of nitrogens with zero attached hydrogens (tertiary/aromatic N) is 4. The summed E-state index contributed by atoms with van der Waals surface area (Å²) in [5, 5.41) is 14.5. The van der Waals surface area contributed by atoms with Crippen LogP contribution in [0, 0.1) is 0 Å². The minimum absolute atomic E-state index is 0.327. The highest BCUT2D eigenvalue weighted by Crippen LogP contribution is 2.36. The summed E-state index contributed by atoms with van der Waals surface area (Å²) >= 11 is 0. The molecule has 0 saturated carbocycles. The zero-order valence-electron chi connectivity index (χ0n) is 12.0. The number of fused-ring (bicyclic) bond motifs is 3. The number of rotatable bonds is 2. The number of para-hydroxylation sites is 2. The smallest absolute Gasteiger partial charge is 0.160 e. The van der Waals surface area contributed by atoms with Crippen molar-refractivity contribution < 1.29 is 4.42 Å². The Morgan fingerprint density at radius 1 is 1.00 bits per heavy atom. The Morgan fingerprint density at radius 3 is 2.62 bits per heavy atom. The first kappa shape index (κ1) is 12.2. The van der Waals surface area contributed by atoms with Crippen LogP contribution in [0.25, 0.3) is 21.9 Å². The van der Waals surface area contributed by atoms with Gasteiger partial charge >= 0.3 is 0 Å². The van der Waals surface area contributed by atoms with E-state index in [1.54, 1.807) is 0 Å². The van der Waals surface area contributed by atoms with Gasteiger partial charge in [-0.25, -0.2) is 5.01 Å². The van der Waals surface area contributed by atoms with E-state index in [-0.39, 0.29) is 0 Å². The van der Waals surface area contributed by atoms with Crippen LogP contribution in [0.5, 0.6) is 0 Å². The summed E-state index contributed by atoms with van der Waals surface area (Å²) in [7, 11) is 0. The third-order valence-electron chi connectivity index (χ3n) is 3.80. The first-order chi connectivity index (χ1) is 10.2. The van der Waals surface area contributed by atoms with E-state index in [4.69, 9.17) is 4.42 Å². The number of anilines is 1. The molecule has 4 rings (SSSR count). The molecule has 0 N–H and O–H groups in total. The van der Waals surface area contributed by atoms with E-state index >= 15 is 0 Å². The molecule has 2 aromatic carbocycles. The van der Waals surface area contributed by atoms with E-state index < -0.39 is 0 Å². The maximum absolute atomic E-state index is 6.03. The van der Waals surface area contributed by atoms with Crippen molar-refractivity contribution in [2.75, 3.05) is 11.7 Å². The molecule has 3 aromatic rings. The van der Waals surface area contributed by atoms with Crippen LogP contribution in [-0.2, 0) is 0 Å². The Kier molecular flexibility index (Phi) is 2.60. The minimum atomic E-state index is 0.327. The molecule has 5 nitrogen and oxygen atoms in total. The number of hydrogen-bond acceptors (Lipinski definition) is 5. The average Bonchev–Trinajstić information content (AvgIpc) is 3.11. The van der Waals surface area contributed by atoms with Gasteiger partial charge in [-0.05, 0) is 31.2 Å². The minimum Gasteiger partial charge on any atom is -0.454 e. The van der Waals surface area contributed by atoms with Crippen molar-refractivity contribution in [1.29, 1.82) is 0 Å². The number of hydrogen-bond donors (Lipinski definition) is 0. The van der Waals surface area contributed by atoms with E-state index in [0.29, 0.717) is 12.7 Å². The van der Waals surface area contributed by atoms with Crippen molar-refractivity contribution in [3.05, 3.63) is 42.5 Å². The fraction of sp³-hybridized carbons (Fsp3) is 0.250. The molecule has 1 aliphatic heterocycles. The predicted molar refractivity (Wildman–Crippen MR) is 82.9 cm³/mol. The molecule has 106 valence electrons. The molecule has 5 heteroatoms. The summed E-state index contributed by atoms with van der Waals surface area (Å²) in [4.78, 5) is 0. The summed E-state index contributed by atoms with van der Waals surface area (Å²) in [5.41, 5.74) is 2.72. The zero-order valence-corrected chi connectivity index (χ0v) is 12.0. The van der Waals surface area contributed by atoms with E-state index in [2.05, 4.69) is 36.4 Å². The molecule has 0 atom stereocenters. The molecule has 0 fully saturated rings. The van der Waals surface area contributed by atoms with Gasteiger partial charge in [0.2, 0.25) is 0 Å². The molecule has 1 aliphatic rings. The Bertz CT molecular complexity index is 837. The second-order valence-corrected chi connectivity index (χ2v) is 5.51. The molecule has 1 aromatic heterocycles. The molecule has 0 amide bonds. The fourth-order valence-corrected chi connectivity index (χ4v) is 2.62. The Hall–Kier alpha value is -2.56. The van der Waals surface area contributed by atoms with Gasteiger partial charge in [-0.15, -0.1) is 0 Å². The standard InChI is InChI=1S/C16H16N4O/c1-11(2)19-10-20(18-17-19)14-8-5-7-13-12-6-3-4-9-15(12)21-16(13)14/h3-9,11H,10H2,1-2H3. The van der Waals surface area contributed by atoms with Gasteiger partial charge in [0, 0.05) is 16.8 Å². The largest absolute Gasteiger partial charge is 0.454 e.